The molecule has 0 bridgehead atoms. The van der Waals surface area contributed by atoms with Gasteiger partial charge in [0.15, 0.2) is 13.3 Å². The predicted molar refractivity (Wildman–Crippen MR) is 128 cm³/mol. The number of likely N-dealkylation sites (N-methyl/N-ethyl adjacent to an activating group) is 1. The molecule has 0 fully saturated rings. The van der Waals surface area contributed by atoms with Gasteiger partial charge in [0, 0.05) is 22.7 Å². The molecule has 0 aliphatic heterocycles. The highest BCUT2D eigenvalue weighted by atomic mass is 16.5. The normalized spacial score (nSPS) is 11.3. The minimum Gasteiger partial charge on any atom is -0.483 e. The molecule has 1 N–H and O–H groups in total. The molecule has 1 amide bonds. The maximum Gasteiger partial charge on any atom is 0.321 e. The van der Waals surface area contributed by atoms with E-state index in [0.29, 0.717) is 5.75 Å². The van der Waals surface area contributed by atoms with Crippen LogP contribution in [0, 0.1) is 20.8 Å². The van der Waals surface area contributed by atoms with Gasteiger partial charge in [-0.3, -0.25) is 14.5 Å². The number of carbonyl (C=O) groups is 2. The quantitative estimate of drug-likeness (QED) is 0.234. The SMILES string of the molecule is Cc1cc(C)c(OCC(=O)N(COC(=O)CN(C)C)/N=C/c2cccc3[nH]ccc23)c(C)c1. The minimum atomic E-state index is -0.452. The van der Waals surface area contributed by atoms with Crippen molar-refractivity contribution in [2.75, 3.05) is 34.0 Å². The van der Waals surface area contributed by atoms with Crippen molar-refractivity contribution in [2.45, 2.75) is 20.8 Å². The van der Waals surface area contributed by atoms with Gasteiger partial charge in [-0.2, -0.15) is 10.1 Å². The number of esters is 1. The smallest absolute Gasteiger partial charge is 0.321 e. The maximum atomic E-state index is 13.0. The van der Waals surface area contributed by atoms with Gasteiger partial charge in [0.1, 0.15) is 5.75 Å². The van der Waals surface area contributed by atoms with E-state index in [4.69, 9.17) is 9.47 Å². The van der Waals surface area contributed by atoms with Gasteiger partial charge in [0.2, 0.25) is 0 Å². The number of amides is 1. The van der Waals surface area contributed by atoms with Crippen LogP contribution in [0.4, 0.5) is 0 Å². The lowest BCUT2D eigenvalue weighted by atomic mass is 10.1. The molecule has 0 atom stereocenters. The number of fused-ring (bicyclic) bond motifs is 1. The van der Waals surface area contributed by atoms with Crippen LogP contribution in [0.5, 0.6) is 5.75 Å². The molecule has 1 aromatic heterocycles. The van der Waals surface area contributed by atoms with E-state index in [1.54, 1.807) is 25.2 Å². The van der Waals surface area contributed by atoms with E-state index >= 15 is 0 Å². The Labute approximate surface area is 193 Å². The highest BCUT2D eigenvalue weighted by Crippen LogP contribution is 2.24. The number of rotatable bonds is 9. The molecule has 0 saturated carbocycles. The number of hydrogen-bond donors (Lipinski definition) is 1. The molecule has 1 heterocycles. The summed E-state index contributed by atoms with van der Waals surface area (Å²) < 4.78 is 11.1. The number of ether oxygens (including phenoxy) is 2. The minimum absolute atomic E-state index is 0.104. The van der Waals surface area contributed by atoms with Crippen LogP contribution < -0.4 is 4.74 Å². The fourth-order valence-electron chi connectivity index (χ4n) is 3.56. The number of H-pyrrole nitrogens is 1. The highest BCUT2D eigenvalue weighted by molar-refractivity contribution is 5.98. The number of hydrazone groups is 1. The van der Waals surface area contributed by atoms with Crippen molar-refractivity contribution >= 4 is 29.0 Å². The second kappa shape index (κ2) is 10.8. The molecule has 0 aliphatic carbocycles. The van der Waals surface area contributed by atoms with Crippen molar-refractivity contribution < 1.29 is 19.1 Å². The van der Waals surface area contributed by atoms with E-state index in [1.165, 1.54) is 0 Å². The van der Waals surface area contributed by atoms with Crippen molar-refractivity contribution in [3.05, 3.63) is 64.8 Å². The van der Waals surface area contributed by atoms with E-state index < -0.39 is 11.9 Å². The number of nitrogens with zero attached hydrogens (tertiary/aromatic N) is 3. The third kappa shape index (κ3) is 6.43. The Bertz CT molecular complexity index is 1140. The molecule has 8 heteroatoms. The first-order valence-corrected chi connectivity index (χ1v) is 10.7. The molecule has 8 nitrogen and oxygen atoms in total. The van der Waals surface area contributed by atoms with Gasteiger partial charge in [-0.1, -0.05) is 29.8 Å². The molecule has 0 saturated heterocycles. The number of benzene rings is 2. The second-order valence-corrected chi connectivity index (χ2v) is 8.22. The van der Waals surface area contributed by atoms with Crippen LogP contribution in [0.3, 0.4) is 0 Å². The third-order valence-electron chi connectivity index (χ3n) is 4.99. The van der Waals surface area contributed by atoms with Gasteiger partial charge in [-0.25, -0.2) is 0 Å². The van der Waals surface area contributed by atoms with E-state index in [2.05, 4.69) is 10.1 Å². The highest BCUT2D eigenvalue weighted by Gasteiger charge is 2.17. The van der Waals surface area contributed by atoms with Crippen LogP contribution in [-0.2, 0) is 14.3 Å². The summed E-state index contributed by atoms with van der Waals surface area (Å²) in [6, 6.07) is 11.7. The first kappa shape index (κ1) is 24.0. The summed E-state index contributed by atoms with van der Waals surface area (Å²) in [7, 11) is 3.53. The Morgan fingerprint density at radius 2 is 1.82 bits per heavy atom. The zero-order chi connectivity index (χ0) is 24.0. The van der Waals surface area contributed by atoms with E-state index in [-0.39, 0.29) is 19.9 Å². The molecule has 3 rings (SSSR count). The third-order valence-corrected chi connectivity index (χ3v) is 4.99. The van der Waals surface area contributed by atoms with Crippen LogP contribution in [0.2, 0.25) is 0 Å². The van der Waals surface area contributed by atoms with Gasteiger partial charge in [-0.05, 0) is 58.1 Å². The summed E-state index contributed by atoms with van der Waals surface area (Å²) in [5, 5.41) is 6.40. The summed E-state index contributed by atoms with van der Waals surface area (Å²) in [5.41, 5.74) is 4.82. The second-order valence-electron chi connectivity index (χ2n) is 8.22. The summed E-state index contributed by atoms with van der Waals surface area (Å²) in [6.45, 7) is 5.46. The number of hydrogen-bond acceptors (Lipinski definition) is 6. The zero-order valence-corrected chi connectivity index (χ0v) is 19.7. The number of aryl methyl sites for hydroxylation is 3. The number of nitrogens with one attached hydrogen (secondary N) is 1. The summed E-state index contributed by atoms with van der Waals surface area (Å²) in [5.74, 6) is -0.212. The lowest BCUT2D eigenvalue weighted by Gasteiger charge is -2.19. The largest absolute Gasteiger partial charge is 0.483 e. The topological polar surface area (TPSA) is 87.2 Å². The monoisotopic (exact) mass is 450 g/mol. The van der Waals surface area contributed by atoms with Gasteiger partial charge < -0.3 is 14.5 Å². The molecular weight excluding hydrogens is 420 g/mol. The van der Waals surface area contributed by atoms with Crippen LogP contribution in [-0.4, -0.2) is 67.0 Å². The average molecular weight is 451 g/mol. The summed E-state index contributed by atoms with van der Waals surface area (Å²) >= 11 is 0. The molecule has 3 aromatic rings. The lowest BCUT2D eigenvalue weighted by molar-refractivity contribution is -0.154. The molecule has 0 spiro atoms. The molecule has 0 aliphatic rings. The summed E-state index contributed by atoms with van der Waals surface area (Å²) in [4.78, 5) is 29.8. The van der Waals surface area contributed by atoms with Crippen molar-refractivity contribution in [3.63, 3.8) is 0 Å². The van der Waals surface area contributed by atoms with Crippen LogP contribution >= 0.6 is 0 Å². The Kier molecular flexibility index (Phi) is 7.84. The first-order valence-electron chi connectivity index (χ1n) is 10.7. The Morgan fingerprint density at radius 3 is 2.52 bits per heavy atom. The fourth-order valence-corrected chi connectivity index (χ4v) is 3.56. The Hall–Kier alpha value is -3.65. The van der Waals surface area contributed by atoms with Gasteiger partial charge in [-0.15, -0.1) is 0 Å². The fraction of sp³-hybridized carbons (Fsp3) is 0.320. The first-order chi connectivity index (χ1) is 15.7. The molecule has 2 aromatic carbocycles. The van der Waals surface area contributed by atoms with Crippen LogP contribution in [0.25, 0.3) is 10.9 Å². The number of aromatic amines is 1. The molecular formula is C25H30N4O4. The van der Waals surface area contributed by atoms with Crippen molar-refractivity contribution in [1.29, 1.82) is 0 Å². The average Bonchev–Trinajstić information content (AvgIpc) is 3.22. The summed E-state index contributed by atoms with van der Waals surface area (Å²) in [6.07, 6.45) is 3.42. The standard InChI is InChI=1S/C25H30N4O4/c1-17-11-18(2)25(19(3)12-17)32-15-23(30)29(16-33-24(31)14-28(4)5)27-13-20-7-6-8-22-21(20)9-10-26-22/h6-13,26H,14-16H2,1-5H3/b27-13+. The van der Waals surface area contributed by atoms with E-state index in [9.17, 15) is 9.59 Å². The van der Waals surface area contributed by atoms with Crippen LogP contribution in [0.1, 0.15) is 22.3 Å². The van der Waals surface area contributed by atoms with Crippen molar-refractivity contribution in [1.82, 2.24) is 14.9 Å². The Morgan fingerprint density at radius 1 is 1.09 bits per heavy atom. The lowest BCUT2D eigenvalue weighted by Crippen LogP contribution is -2.35. The van der Waals surface area contributed by atoms with Crippen LogP contribution in [0.15, 0.2) is 47.7 Å². The Balaban J connectivity index is 1.76. The molecule has 174 valence electrons. The molecule has 0 unspecified atom stereocenters. The maximum absolute atomic E-state index is 13.0. The van der Waals surface area contributed by atoms with Gasteiger partial charge in [0.25, 0.3) is 5.91 Å². The molecule has 0 radical (unpaired) electrons. The van der Waals surface area contributed by atoms with E-state index in [1.807, 2.05) is 63.4 Å². The molecule has 33 heavy (non-hydrogen) atoms. The predicted octanol–water partition coefficient (Wildman–Crippen LogP) is 3.40. The number of aromatic nitrogens is 1. The zero-order valence-electron chi connectivity index (χ0n) is 19.7. The van der Waals surface area contributed by atoms with Crippen molar-refractivity contribution in [3.8, 4) is 5.75 Å². The van der Waals surface area contributed by atoms with Gasteiger partial charge in [0.05, 0.1) is 12.8 Å². The van der Waals surface area contributed by atoms with E-state index in [0.717, 1.165) is 38.2 Å². The number of carbonyl (C=O) groups excluding carboxylic acids is 2. The van der Waals surface area contributed by atoms with Crippen molar-refractivity contribution in [2.24, 2.45) is 5.10 Å². The van der Waals surface area contributed by atoms with Gasteiger partial charge >= 0.3 is 5.97 Å².